The number of aryl methyl sites for hydroxylation is 2. The smallest absolute Gasteiger partial charge is 0.192 e. The Hall–Kier alpha value is -2.44. The van der Waals surface area contributed by atoms with E-state index in [0.29, 0.717) is 12.3 Å². The number of ketones is 1. The van der Waals surface area contributed by atoms with Crippen molar-refractivity contribution >= 4 is 17.5 Å². The summed E-state index contributed by atoms with van der Waals surface area (Å²) in [5, 5.41) is 9.78. The number of carbonyl (C=O) groups excluding carboxylic acids is 1. The Morgan fingerprint density at radius 2 is 1.83 bits per heavy atom. The van der Waals surface area contributed by atoms with Gasteiger partial charge < -0.3 is 4.57 Å². The molecule has 0 aliphatic heterocycles. The molecule has 0 aliphatic rings. The number of nitrogens with zero attached hydrogens (tertiary/aromatic N) is 4. The van der Waals surface area contributed by atoms with Crippen molar-refractivity contribution in [1.82, 2.24) is 19.7 Å². The Morgan fingerprint density at radius 3 is 2.50 bits per heavy atom. The van der Waals surface area contributed by atoms with Gasteiger partial charge in [0.2, 0.25) is 0 Å². The molecule has 1 heterocycles. The zero-order valence-electron chi connectivity index (χ0n) is 18.4. The summed E-state index contributed by atoms with van der Waals surface area (Å²) in [6, 6.07) is 16.5. The Morgan fingerprint density at radius 1 is 1.10 bits per heavy atom. The maximum atomic E-state index is 12.9. The second-order valence-electron chi connectivity index (χ2n) is 7.83. The highest BCUT2D eigenvalue weighted by Gasteiger charge is 2.23. The van der Waals surface area contributed by atoms with Crippen LogP contribution in [0.3, 0.4) is 0 Å². The average molecular weight is 423 g/mol. The molecule has 0 unspecified atom stereocenters. The minimum atomic E-state index is 0.122. The third kappa shape index (κ3) is 5.18. The van der Waals surface area contributed by atoms with Gasteiger partial charge in [0, 0.05) is 5.56 Å². The standard InChI is InChI=1S/C24H30N4OS/c1-6-21(27(4)5)23-25-26-24(28(23)15-19-10-8-7-9-11-19)30-16-22(29)20-14-17(2)12-13-18(20)3/h7-14,21H,6,15-16H2,1-5H3/t21-/m1/s1. The Bertz CT molecular complexity index is 998. The second-order valence-corrected chi connectivity index (χ2v) is 8.77. The van der Waals surface area contributed by atoms with Crippen molar-refractivity contribution in [2.45, 2.75) is 44.9 Å². The maximum absolute atomic E-state index is 12.9. The van der Waals surface area contributed by atoms with E-state index in [0.717, 1.165) is 34.1 Å². The number of benzene rings is 2. The molecule has 5 nitrogen and oxygen atoms in total. The van der Waals surface area contributed by atoms with Crippen LogP contribution >= 0.6 is 11.8 Å². The van der Waals surface area contributed by atoms with Crippen LogP contribution in [0.2, 0.25) is 0 Å². The molecule has 158 valence electrons. The van der Waals surface area contributed by atoms with Gasteiger partial charge in [0.15, 0.2) is 16.8 Å². The van der Waals surface area contributed by atoms with Gasteiger partial charge in [-0.05, 0) is 51.6 Å². The summed E-state index contributed by atoms with van der Waals surface area (Å²) >= 11 is 1.47. The SMILES string of the molecule is CC[C@H](c1nnc(SCC(=O)c2cc(C)ccc2C)n1Cc1ccccc1)N(C)C. The number of thioether (sulfide) groups is 1. The molecule has 3 aromatic rings. The van der Waals surface area contributed by atoms with Gasteiger partial charge >= 0.3 is 0 Å². The molecule has 1 atom stereocenters. The van der Waals surface area contributed by atoms with Gasteiger partial charge in [-0.25, -0.2) is 0 Å². The predicted octanol–water partition coefficient (Wildman–Crippen LogP) is 4.93. The van der Waals surface area contributed by atoms with E-state index >= 15 is 0 Å². The predicted molar refractivity (Wildman–Crippen MR) is 123 cm³/mol. The van der Waals surface area contributed by atoms with Crippen LogP contribution < -0.4 is 0 Å². The van der Waals surface area contributed by atoms with E-state index in [1.165, 1.54) is 17.3 Å². The minimum absolute atomic E-state index is 0.122. The van der Waals surface area contributed by atoms with E-state index in [2.05, 4.69) is 52.8 Å². The summed E-state index contributed by atoms with van der Waals surface area (Å²) in [4.78, 5) is 15.0. The summed E-state index contributed by atoms with van der Waals surface area (Å²) in [5.41, 5.74) is 4.09. The number of Topliss-reactive ketones (excluding diaryl/α,β-unsaturated/α-hetero) is 1. The van der Waals surface area contributed by atoms with E-state index in [4.69, 9.17) is 0 Å². The first-order chi connectivity index (χ1) is 14.4. The molecule has 6 heteroatoms. The highest BCUT2D eigenvalue weighted by atomic mass is 32.2. The van der Waals surface area contributed by atoms with Crippen LogP contribution in [0, 0.1) is 13.8 Å². The van der Waals surface area contributed by atoms with Gasteiger partial charge in [-0.15, -0.1) is 10.2 Å². The zero-order chi connectivity index (χ0) is 21.7. The Balaban J connectivity index is 1.87. The lowest BCUT2D eigenvalue weighted by Gasteiger charge is -2.23. The van der Waals surface area contributed by atoms with E-state index < -0.39 is 0 Å². The molecule has 0 radical (unpaired) electrons. The van der Waals surface area contributed by atoms with E-state index in [1.807, 2.05) is 50.2 Å². The number of aromatic nitrogens is 3. The van der Waals surface area contributed by atoms with Crippen molar-refractivity contribution in [1.29, 1.82) is 0 Å². The molecule has 0 amide bonds. The number of hydrogen-bond acceptors (Lipinski definition) is 5. The first-order valence-corrected chi connectivity index (χ1v) is 11.3. The van der Waals surface area contributed by atoms with Crippen LogP contribution in [0.25, 0.3) is 0 Å². The quantitative estimate of drug-likeness (QED) is 0.361. The molecule has 0 N–H and O–H groups in total. The number of hydrogen-bond donors (Lipinski definition) is 0. The lowest BCUT2D eigenvalue weighted by molar-refractivity contribution is 0.102. The maximum Gasteiger partial charge on any atom is 0.192 e. The fourth-order valence-corrected chi connectivity index (χ4v) is 4.42. The van der Waals surface area contributed by atoms with Gasteiger partial charge in [-0.3, -0.25) is 9.69 Å². The summed E-state index contributed by atoms with van der Waals surface area (Å²) in [6.07, 6.45) is 0.937. The molecule has 0 saturated heterocycles. The molecule has 0 fully saturated rings. The van der Waals surface area contributed by atoms with Gasteiger partial charge in [-0.1, -0.05) is 66.7 Å². The molecule has 2 aromatic carbocycles. The first kappa shape index (κ1) is 22.2. The lowest BCUT2D eigenvalue weighted by atomic mass is 10.0. The molecule has 0 aliphatic carbocycles. The zero-order valence-corrected chi connectivity index (χ0v) is 19.2. The number of carbonyl (C=O) groups is 1. The van der Waals surface area contributed by atoms with Crippen molar-refractivity contribution in [3.63, 3.8) is 0 Å². The molecule has 3 rings (SSSR count). The fourth-order valence-electron chi connectivity index (χ4n) is 3.59. The van der Waals surface area contributed by atoms with Gasteiger partial charge in [0.1, 0.15) is 0 Å². The van der Waals surface area contributed by atoms with E-state index in [-0.39, 0.29) is 11.8 Å². The highest BCUT2D eigenvalue weighted by molar-refractivity contribution is 7.99. The molecular formula is C24H30N4OS. The van der Waals surface area contributed by atoms with Crippen molar-refractivity contribution in [3.8, 4) is 0 Å². The van der Waals surface area contributed by atoms with Crippen molar-refractivity contribution < 1.29 is 4.79 Å². The normalized spacial score (nSPS) is 12.3. The van der Waals surface area contributed by atoms with Gasteiger partial charge in [-0.2, -0.15) is 0 Å². The van der Waals surface area contributed by atoms with Gasteiger partial charge in [0.25, 0.3) is 0 Å². The van der Waals surface area contributed by atoms with E-state index in [1.54, 1.807) is 0 Å². The largest absolute Gasteiger partial charge is 0.300 e. The summed E-state index contributed by atoms with van der Waals surface area (Å²) in [7, 11) is 4.12. The monoisotopic (exact) mass is 422 g/mol. The summed E-state index contributed by atoms with van der Waals surface area (Å²) < 4.78 is 2.16. The molecule has 0 bridgehead atoms. The van der Waals surface area contributed by atoms with Crippen LogP contribution in [-0.4, -0.2) is 45.3 Å². The fraction of sp³-hybridized carbons (Fsp3) is 0.375. The average Bonchev–Trinajstić information content (AvgIpc) is 3.11. The molecular weight excluding hydrogens is 392 g/mol. The molecule has 0 spiro atoms. The summed E-state index contributed by atoms with van der Waals surface area (Å²) in [5.74, 6) is 1.40. The van der Waals surface area contributed by atoms with Crippen LogP contribution in [0.4, 0.5) is 0 Å². The Labute approximate surface area is 183 Å². The molecule has 0 saturated carbocycles. The van der Waals surface area contributed by atoms with Gasteiger partial charge in [0.05, 0.1) is 18.3 Å². The van der Waals surface area contributed by atoms with Crippen molar-refractivity contribution in [2.24, 2.45) is 0 Å². The minimum Gasteiger partial charge on any atom is -0.300 e. The number of rotatable bonds is 9. The second kappa shape index (κ2) is 10.0. The Kier molecular flexibility index (Phi) is 7.45. The van der Waals surface area contributed by atoms with Crippen LogP contribution in [-0.2, 0) is 6.54 Å². The van der Waals surface area contributed by atoms with Crippen LogP contribution in [0.5, 0.6) is 0 Å². The van der Waals surface area contributed by atoms with E-state index in [9.17, 15) is 4.79 Å². The lowest BCUT2D eigenvalue weighted by Crippen LogP contribution is -2.23. The van der Waals surface area contributed by atoms with Crippen LogP contribution in [0.15, 0.2) is 53.7 Å². The summed E-state index contributed by atoms with van der Waals surface area (Å²) in [6.45, 7) is 6.84. The van der Waals surface area contributed by atoms with Crippen molar-refractivity contribution in [3.05, 3.63) is 76.6 Å². The molecule has 1 aromatic heterocycles. The highest BCUT2D eigenvalue weighted by Crippen LogP contribution is 2.27. The third-order valence-corrected chi connectivity index (χ3v) is 6.23. The van der Waals surface area contributed by atoms with Crippen molar-refractivity contribution in [2.75, 3.05) is 19.8 Å². The van der Waals surface area contributed by atoms with Crippen LogP contribution in [0.1, 0.15) is 52.3 Å². The topological polar surface area (TPSA) is 51.0 Å². The molecule has 30 heavy (non-hydrogen) atoms. The first-order valence-electron chi connectivity index (χ1n) is 10.3. The third-order valence-electron chi connectivity index (χ3n) is 5.26.